The van der Waals surface area contributed by atoms with Gasteiger partial charge in [0.1, 0.15) is 5.69 Å². The summed E-state index contributed by atoms with van der Waals surface area (Å²) in [4.78, 5) is 18.8. The number of rotatable bonds is 4. The maximum atomic E-state index is 12.4. The molecule has 0 aliphatic carbocycles. The largest absolute Gasteiger partial charge is 0.463 e. The van der Waals surface area contributed by atoms with Crippen LogP contribution in [0.2, 0.25) is 0 Å². The fourth-order valence-corrected chi connectivity index (χ4v) is 3.73. The molecule has 7 nitrogen and oxygen atoms in total. The van der Waals surface area contributed by atoms with Gasteiger partial charge in [0.2, 0.25) is 5.91 Å². The number of piperidine rings is 1. The average Bonchev–Trinajstić information content (AvgIpc) is 3.34. The molecule has 1 N–H and O–H groups in total. The first-order valence-electron chi connectivity index (χ1n) is 8.54. The minimum absolute atomic E-state index is 0.00538. The highest BCUT2D eigenvalue weighted by atomic mass is 32.1. The molecule has 4 heterocycles. The van der Waals surface area contributed by atoms with E-state index in [1.165, 1.54) is 11.3 Å². The summed E-state index contributed by atoms with van der Waals surface area (Å²) in [5.74, 6) is 1.59. The Kier molecular flexibility index (Phi) is 4.66. The van der Waals surface area contributed by atoms with E-state index in [2.05, 4.69) is 25.4 Å². The van der Waals surface area contributed by atoms with E-state index in [1.54, 1.807) is 6.26 Å². The summed E-state index contributed by atoms with van der Waals surface area (Å²) in [6.45, 7) is 3.48. The number of furan rings is 1. The lowest BCUT2D eigenvalue weighted by Gasteiger charge is -2.31. The predicted octanol–water partition coefficient (Wildman–Crippen LogP) is 3.36. The van der Waals surface area contributed by atoms with E-state index in [0.29, 0.717) is 16.6 Å². The van der Waals surface area contributed by atoms with Crippen molar-refractivity contribution in [3.63, 3.8) is 0 Å². The van der Waals surface area contributed by atoms with Gasteiger partial charge in [-0.15, -0.1) is 21.5 Å². The first-order valence-corrected chi connectivity index (χ1v) is 9.42. The fraction of sp³-hybridized carbons (Fsp3) is 0.333. The quantitative estimate of drug-likeness (QED) is 0.759. The molecule has 134 valence electrons. The number of hydrogen-bond donors (Lipinski definition) is 1. The van der Waals surface area contributed by atoms with Crippen LogP contribution < -0.4 is 10.2 Å². The number of aryl methyl sites for hydroxylation is 1. The van der Waals surface area contributed by atoms with Crippen LogP contribution in [-0.4, -0.2) is 34.2 Å². The molecule has 0 bridgehead atoms. The summed E-state index contributed by atoms with van der Waals surface area (Å²) in [6, 6.07) is 7.54. The van der Waals surface area contributed by atoms with E-state index in [4.69, 9.17) is 4.42 Å². The highest BCUT2D eigenvalue weighted by Crippen LogP contribution is 2.25. The Morgan fingerprint density at radius 1 is 1.27 bits per heavy atom. The van der Waals surface area contributed by atoms with Crippen molar-refractivity contribution in [2.45, 2.75) is 19.8 Å². The summed E-state index contributed by atoms with van der Waals surface area (Å²) >= 11 is 1.46. The molecule has 0 aromatic carbocycles. The summed E-state index contributed by atoms with van der Waals surface area (Å²) in [5.41, 5.74) is 1.64. The van der Waals surface area contributed by atoms with E-state index in [1.807, 2.05) is 36.6 Å². The molecule has 0 unspecified atom stereocenters. The summed E-state index contributed by atoms with van der Waals surface area (Å²) in [7, 11) is 0. The number of carbonyl (C=O) groups excluding carboxylic acids is 1. The molecule has 4 rings (SSSR count). The van der Waals surface area contributed by atoms with E-state index < -0.39 is 0 Å². The molecule has 0 radical (unpaired) electrons. The highest BCUT2D eigenvalue weighted by molar-refractivity contribution is 7.13. The second-order valence-electron chi connectivity index (χ2n) is 6.30. The number of hydrogen-bond acceptors (Lipinski definition) is 7. The maximum absolute atomic E-state index is 12.4. The van der Waals surface area contributed by atoms with Crippen molar-refractivity contribution in [1.29, 1.82) is 0 Å². The highest BCUT2D eigenvalue weighted by Gasteiger charge is 2.26. The summed E-state index contributed by atoms with van der Waals surface area (Å²) < 4.78 is 5.33. The lowest BCUT2D eigenvalue weighted by Crippen LogP contribution is -2.38. The first-order chi connectivity index (χ1) is 12.7. The van der Waals surface area contributed by atoms with Crippen molar-refractivity contribution < 1.29 is 9.21 Å². The van der Waals surface area contributed by atoms with Gasteiger partial charge in [0.05, 0.1) is 12.0 Å². The first kappa shape index (κ1) is 16.7. The third-order valence-corrected chi connectivity index (χ3v) is 5.34. The average molecular weight is 369 g/mol. The minimum atomic E-state index is 0.00538. The third kappa shape index (κ3) is 3.60. The van der Waals surface area contributed by atoms with Crippen molar-refractivity contribution in [1.82, 2.24) is 15.2 Å². The van der Waals surface area contributed by atoms with Crippen LogP contribution in [0.3, 0.4) is 0 Å². The fourth-order valence-electron chi connectivity index (χ4n) is 3.04. The number of thiazole rings is 1. The van der Waals surface area contributed by atoms with Gasteiger partial charge in [-0.05, 0) is 44.0 Å². The number of aromatic nitrogens is 3. The molecule has 0 saturated carbocycles. The van der Waals surface area contributed by atoms with E-state index >= 15 is 0 Å². The van der Waals surface area contributed by atoms with E-state index in [0.717, 1.165) is 37.4 Å². The second-order valence-corrected chi connectivity index (χ2v) is 7.16. The van der Waals surface area contributed by atoms with Crippen molar-refractivity contribution >= 4 is 28.2 Å². The minimum Gasteiger partial charge on any atom is -0.463 e. The normalized spacial score (nSPS) is 15.2. The number of nitrogens with one attached hydrogen (secondary N) is 1. The van der Waals surface area contributed by atoms with Gasteiger partial charge in [-0.2, -0.15) is 0 Å². The molecule has 3 aromatic heterocycles. The molecule has 1 fully saturated rings. The molecule has 0 spiro atoms. The van der Waals surface area contributed by atoms with Gasteiger partial charge in [-0.3, -0.25) is 4.79 Å². The number of nitrogens with zero attached hydrogens (tertiary/aromatic N) is 4. The Hall–Kier alpha value is -2.74. The molecular formula is C18H19N5O2S. The molecule has 26 heavy (non-hydrogen) atoms. The monoisotopic (exact) mass is 369 g/mol. The van der Waals surface area contributed by atoms with Crippen LogP contribution in [0, 0.1) is 12.8 Å². The van der Waals surface area contributed by atoms with E-state index in [-0.39, 0.29) is 11.8 Å². The predicted molar refractivity (Wildman–Crippen MR) is 100 cm³/mol. The molecule has 1 saturated heterocycles. The van der Waals surface area contributed by atoms with Crippen LogP contribution in [0.1, 0.15) is 18.5 Å². The topological polar surface area (TPSA) is 84.2 Å². The summed E-state index contributed by atoms with van der Waals surface area (Å²) in [5, 5.41) is 14.1. The van der Waals surface area contributed by atoms with Crippen LogP contribution in [0.5, 0.6) is 0 Å². The number of carbonyl (C=O) groups is 1. The van der Waals surface area contributed by atoms with Crippen molar-refractivity contribution in [3.8, 4) is 11.5 Å². The zero-order valence-corrected chi connectivity index (χ0v) is 15.2. The lowest BCUT2D eigenvalue weighted by atomic mass is 9.96. The van der Waals surface area contributed by atoms with Crippen LogP contribution in [0.25, 0.3) is 11.5 Å². The Labute approximate surface area is 155 Å². The standard InChI is InChI=1S/C18H19N5O2S/c1-12-11-26-18(19-12)20-17(24)13-6-8-23(9-7-13)16-5-4-14(21-22-16)15-3-2-10-25-15/h2-5,10-11,13H,6-9H2,1H3,(H,19,20,24). The van der Waals surface area contributed by atoms with Gasteiger partial charge < -0.3 is 14.6 Å². The molecule has 1 amide bonds. The molecule has 0 atom stereocenters. The van der Waals surface area contributed by atoms with Gasteiger partial charge in [0.25, 0.3) is 0 Å². The van der Waals surface area contributed by atoms with Gasteiger partial charge >= 0.3 is 0 Å². The van der Waals surface area contributed by atoms with Gasteiger partial charge in [-0.25, -0.2) is 4.98 Å². The van der Waals surface area contributed by atoms with E-state index in [9.17, 15) is 4.79 Å². The lowest BCUT2D eigenvalue weighted by molar-refractivity contribution is -0.120. The van der Waals surface area contributed by atoms with Crippen molar-refractivity contribution in [2.24, 2.45) is 5.92 Å². The second kappa shape index (κ2) is 7.25. The van der Waals surface area contributed by atoms with Crippen LogP contribution >= 0.6 is 11.3 Å². The van der Waals surface area contributed by atoms with Crippen molar-refractivity contribution in [2.75, 3.05) is 23.3 Å². The molecule has 1 aliphatic heterocycles. The van der Waals surface area contributed by atoms with Crippen LogP contribution in [-0.2, 0) is 4.79 Å². The Morgan fingerprint density at radius 3 is 2.73 bits per heavy atom. The SMILES string of the molecule is Cc1csc(NC(=O)C2CCN(c3ccc(-c4ccco4)nn3)CC2)n1. The zero-order valence-electron chi connectivity index (χ0n) is 14.4. The van der Waals surface area contributed by atoms with Gasteiger partial charge in [0, 0.05) is 24.4 Å². The summed E-state index contributed by atoms with van der Waals surface area (Å²) in [6.07, 6.45) is 3.20. The van der Waals surface area contributed by atoms with Crippen molar-refractivity contribution in [3.05, 3.63) is 41.6 Å². The molecule has 3 aromatic rings. The molecule has 8 heteroatoms. The Bertz CT molecular complexity index is 867. The zero-order chi connectivity index (χ0) is 17.9. The number of amides is 1. The third-order valence-electron chi connectivity index (χ3n) is 4.46. The molecule has 1 aliphatic rings. The van der Waals surface area contributed by atoms with Gasteiger partial charge in [-0.1, -0.05) is 0 Å². The van der Waals surface area contributed by atoms with Crippen LogP contribution in [0.4, 0.5) is 10.9 Å². The Balaban J connectivity index is 1.33. The smallest absolute Gasteiger partial charge is 0.229 e. The number of anilines is 2. The van der Waals surface area contributed by atoms with Crippen LogP contribution in [0.15, 0.2) is 40.3 Å². The molecular weight excluding hydrogens is 350 g/mol. The van der Waals surface area contributed by atoms with Gasteiger partial charge in [0.15, 0.2) is 16.7 Å². The maximum Gasteiger partial charge on any atom is 0.229 e. The Morgan fingerprint density at radius 2 is 2.12 bits per heavy atom.